The Labute approximate surface area is 219 Å². The van der Waals surface area contributed by atoms with E-state index in [-0.39, 0.29) is 22.7 Å². The van der Waals surface area contributed by atoms with Gasteiger partial charge < -0.3 is 10.2 Å². The number of likely N-dealkylation sites (N-methyl/N-ethyl adjacent to an activating group) is 1. The number of nitrogens with one attached hydrogen (secondary N) is 1. The highest BCUT2D eigenvalue weighted by Crippen LogP contribution is 2.26. The van der Waals surface area contributed by atoms with Crippen molar-refractivity contribution in [2.45, 2.75) is 31.3 Å². The highest BCUT2D eigenvalue weighted by Gasteiger charge is 2.32. The van der Waals surface area contributed by atoms with Crippen LogP contribution in [0.2, 0.25) is 0 Å². The van der Waals surface area contributed by atoms with Gasteiger partial charge in [-0.15, -0.1) is 0 Å². The fourth-order valence-corrected chi connectivity index (χ4v) is 5.27. The van der Waals surface area contributed by atoms with Gasteiger partial charge in [-0.3, -0.25) is 13.9 Å². The number of rotatable bonds is 10. The molecular weight excluding hydrogens is 549 g/mol. The fraction of sp³-hybridized carbons (Fsp3) is 0.231. The van der Waals surface area contributed by atoms with E-state index in [4.69, 9.17) is 0 Å². The topological polar surface area (TPSA) is 86.8 Å². The molecule has 0 unspecified atom stereocenters. The smallest absolute Gasteiger partial charge is 0.264 e. The molecule has 0 aromatic heterocycles. The molecule has 2 amide bonds. The number of sulfonamides is 1. The van der Waals surface area contributed by atoms with Crippen LogP contribution in [0, 0.1) is 5.82 Å². The second-order valence-electron chi connectivity index (χ2n) is 7.98. The van der Waals surface area contributed by atoms with E-state index < -0.39 is 40.2 Å². The lowest BCUT2D eigenvalue weighted by atomic mass is 10.1. The number of carbonyl (C=O) groups excluding carboxylic acids is 2. The van der Waals surface area contributed by atoms with E-state index in [0.717, 1.165) is 8.78 Å². The summed E-state index contributed by atoms with van der Waals surface area (Å²) in [4.78, 5) is 27.5. The molecule has 7 nitrogen and oxygen atoms in total. The van der Waals surface area contributed by atoms with Gasteiger partial charge in [0.1, 0.15) is 18.4 Å². The first kappa shape index (κ1) is 27.3. The van der Waals surface area contributed by atoms with E-state index in [9.17, 15) is 22.4 Å². The highest BCUT2D eigenvalue weighted by atomic mass is 79.9. The summed E-state index contributed by atoms with van der Waals surface area (Å²) in [5, 5.41) is 2.66. The van der Waals surface area contributed by atoms with E-state index in [1.165, 1.54) is 42.2 Å². The molecule has 190 valence electrons. The average molecular weight is 576 g/mol. The van der Waals surface area contributed by atoms with Crippen LogP contribution in [0.4, 0.5) is 10.1 Å². The number of hydrogen-bond acceptors (Lipinski definition) is 4. The Morgan fingerprint density at radius 2 is 1.58 bits per heavy atom. The molecule has 0 saturated carbocycles. The maximum Gasteiger partial charge on any atom is 0.264 e. The molecular formula is C26H27BrFN3O4S. The quantitative estimate of drug-likeness (QED) is 0.389. The monoisotopic (exact) mass is 575 g/mol. The Hall–Kier alpha value is -3.24. The van der Waals surface area contributed by atoms with Crippen molar-refractivity contribution in [3.63, 3.8) is 0 Å². The van der Waals surface area contributed by atoms with Crippen LogP contribution in [-0.4, -0.2) is 44.3 Å². The minimum atomic E-state index is -4.14. The van der Waals surface area contributed by atoms with Gasteiger partial charge in [-0.1, -0.05) is 52.3 Å². The average Bonchev–Trinajstić information content (AvgIpc) is 2.87. The summed E-state index contributed by atoms with van der Waals surface area (Å²) >= 11 is 3.33. The summed E-state index contributed by atoms with van der Waals surface area (Å²) in [5.74, 6) is -1.61. The largest absolute Gasteiger partial charge is 0.355 e. The van der Waals surface area contributed by atoms with Crippen LogP contribution < -0.4 is 9.62 Å². The fourth-order valence-electron chi connectivity index (χ4n) is 3.57. The van der Waals surface area contributed by atoms with Crippen LogP contribution >= 0.6 is 15.9 Å². The van der Waals surface area contributed by atoms with Gasteiger partial charge >= 0.3 is 0 Å². The van der Waals surface area contributed by atoms with Crippen LogP contribution in [-0.2, 0) is 26.2 Å². The summed E-state index contributed by atoms with van der Waals surface area (Å²) in [7, 11) is -4.14. The number of nitrogens with zero attached hydrogens (tertiary/aromatic N) is 2. The molecule has 0 aliphatic heterocycles. The van der Waals surface area contributed by atoms with Crippen molar-refractivity contribution in [3.8, 4) is 0 Å². The van der Waals surface area contributed by atoms with Gasteiger partial charge in [-0.05, 0) is 56.3 Å². The zero-order chi connectivity index (χ0) is 26.3. The number of halogens is 2. The Morgan fingerprint density at radius 3 is 2.19 bits per heavy atom. The lowest BCUT2D eigenvalue weighted by molar-refractivity contribution is -0.139. The van der Waals surface area contributed by atoms with Crippen LogP contribution in [0.15, 0.2) is 88.2 Å². The molecule has 1 atom stereocenters. The first-order valence-corrected chi connectivity index (χ1v) is 13.5. The molecule has 0 heterocycles. The number of hydrogen-bond donors (Lipinski definition) is 1. The van der Waals surface area contributed by atoms with E-state index >= 15 is 0 Å². The van der Waals surface area contributed by atoms with E-state index in [1.807, 2.05) is 0 Å². The Morgan fingerprint density at radius 1 is 0.972 bits per heavy atom. The van der Waals surface area contributed by atoms with Gasteiger partial charge in [0, 0.05) is 23.1 Å². The third kappa shape index (κ3) is 6.50. The summed E-state index contributed by atoms with van der Waals surface area (Å²) in [6.07, 6.45) is 0. The summed E-state index contributed by atoms with van der Waals surface area (Å²) in [6, 6.07) is 19.2. The molecule has 3 rings (SSSR count). The molecule has 1 N–H and O–H groups in total. The third-order valence-corrected chi connectivity index (χ3v) is 7.86. The second-order valence-corrected chi connectivity index (χ2v) is 10.8. The number of amides is 2. The Bertz CT molecular complexity index is 1300. The van der Waals surface area contributed by atoms with Crippen LogP contribution in [0.25, 0.3) is 0 Å². The minimum Gasteiger partial charge on any atom is -0.355 e. The zero-order valence-corrected chi connectivity index (χ0v) is 22.3. The van der Waals surface area contributed by atoms with Gasteiger partial charge in [0.05, 0.1) is 10.6 Å². The number of benzene rings is 3. The molecule has 0 aliphatic rings. The normalized spacial score (nSPS) is 12.0. The molecule has 3 aromatic carbocycles. The van der Waals surface area contributed by atoms with Crippen LogP contribution in [0.3, 0.4) is 0 Å². The lowest BCUT2D eigenvalue weighted by Crippen LogP contribution is -2.51. The van der Waals surface area contributed by atoms with Gasteiger partial charge in [0.15, 0.2) is 0 Å². The maximum absolute atomic E-state index is 14.5. The molecule has 3 aromatic rings. The minimum absolute atomic E-state index is 0.0122. The number of anilines is 1. The molecule has 36 heavy (non-hydrogen) atoms. The van der Waals surface area contributed by atoms with Gasteiger partial charge in [0.25, 0.3) is 10.0 Å². The molecule has 0 saturated heterocycles. The van der Waals surface area contributed by atoms with E-state index in [0.29, 0.717) is 6.54 Å². The molecule has 0 radical (unpaired) electrons. The van der Waals surface area contributed by atoms with E-state index in [2.05, 4.69) is 21.2 Å². The summed E-state index contributed by atoms with van der Waals surface area (Å²) in [5.41, 5.74) is 0.481. The lowest BCUT2D eigenvalue weighted by Gasteiger charge is -2.32. The molecule has 0 aliphatic carbocycles. The van der Waals surface area contributed by atoms with Gasteiger partial charge in [-0.25, -0.2) is 12.8 Å². The standard InChI is InChI=1S/C26H27BrFN3O4S/c1-3-29-26(33)19(2)30(17-20-9-7-8-12-24(20)28)25(32)18-31(22-15-13-21(27)14-16-22)36(34,35)23-10-5-4-6-11-23/h4-16,19H,3,17-18H2,1-2H3,(H,29,33)/t19-/m0/s1. The van der Waals surface area contributed by atoms with Gasteiger partial charge in [-0.2, -0.15) is 0 Å². The Balaban J connectivity index is 2.02. The molecule has 0 bridgehead atoms. The van der Waals surface area contributed by atoms with Crippen molar-refractivity contribution >= 4 is 43.5 Å². The Kier molecular flexibility index (Phi) is 9.22. The second kappa shape index (κ2) is 12.1. The highest BCUT2D eigenvalue weighted by molar-refractivity contribution is 9.10. The van der Waals surface area contributed by atoms with Crippen LogP contribution in [0.5, 0.6) is 0 Å². The summed E-state index contributed by atoms with van der Waals surface area (Å²) in [6.45, 7) is 2.83. The first-order chi connectivity index (χ1) is 17.1. The maximum atomic E-state index is 14.5. The van der Waals surface area contributed by atoms with Crippen molar-refractivity contribution in [2.75, 3.05) is 17.4 Å². The van der Waals surface area contributed by atoms with Crippen molar-refractivity contribution in [1.82, 2.24) is 10.2 Å². The molecule has 0 fully saturated rings. The zero-order valence-electron chi connectivity index (χ0n) is 19.9. The van der Waals surface area contributed by atoms with Gasteiger partial charge in [0.2, 0.25) is 11.8 Å². The molecule has 0 spiro atoms. The third-order valence-electron chi connectivity index (χ3n) is 5.54. The van der Waals surface area contributed by atoms with Crippen LogP contribution in [0.1, 0.15) is 19.4 Å². The van der Waals surface area contributed by atoms with E-state index in [1.54, 1.807) is 55.5 Å². The predicted octanol–water partition coefficient (Wildman–Crippen LogP) is 4.34. The number of carbonyl (C=O) groups is 2. The predicted molar refractivity (Wildman–Crippen MR) is 140 cm³/mol. The van der Waals surface area contributed by atoms with Crippen molar-refractivity contribution in [1.29, 1.82) is 0 Å². The van der Waals surface area contributed by atoms with Crippen molar-refractivity contribution < 1.29 is 22.4 Å². The SMILES string of the molecule is CCNC(=O)[C@H](C)N(Cc1ccccc1F)C(=O)CN(c1ccc(Br)cc1)S(=O)(=O)c1ccccc1. The first-order valence-electron chi connectivity index (χ1n) is 11.3. The van der Waals surface area contributed by atoms with Crippen molar-refractivity contribution in [2.24, 2.45) is 0 Å². The summed E-state index contributed by atoms with van der Waals surface area (Å²) < 4.78 is 43.4. The van der Waals surface area contributed by atoms with Crippen molar-refractivity contribution in [3.05, 3.63) is 94.7 Å². The molecule has 10 heteroatoms.